The molecule has 6 heterocycles. The number of aliphatic hydroxyl groups is 5. The molecule has 0 aromatic rings. The second kappa shape index (κ2) is 13.3. The third-order valence-electron chi connectivity index (χ3n) is 11.2. The lowest BCUT2D eigenvalue weighted by atomic mass is 9.86. The molecule has 0 aromatic carbocycles. The van der Waals surface area contributed by atoms with E-state index in [1.54, 1.807) is 0 Å². The van der Waals surface area contributed by atoms with Gasteiger partial charge in [-0.3, -0.25) is 4.79 Å². The van der Waals surface area contributed by atoms with Gasteiger partial charge in [0, 0.05) is 52.8 Å². The van der Waals surface area contributed by atoms with Gasteiger partial charge in [0.2, 0.25) is 5.91 Å². The van der Waals surface area contributed by atoms with Gasteiger partial charge in [-0.1, -0.05) is 26.5 Å². The second-order valence-electron chi connectivity index (χ2n) is 14.1. The first-order chi connectivity index (χ1) is 24.4. The van der Waals surface area contributed by atoms with Crippen molar-refractivity contribution < 1.29 is 35.1 Å². The molecule has 0 spiro atoms. The Labute approximate surface area is 296 Å². The number of hydrogen-bond donors (Lipinski definition) is 7. The Bertz CT molecular complexity index is 1980. The number of rotatable bonds is 7. The van der Waals surface area contributed by atoms with Crippen LogP contribution in [0.15, 0.2) is 119 Å². The summed E-state index contributed by atoms with van der Waals surface area (Å²) in [6.45, 7) is 13.8. The van der Waals surface area contributed by atoms with Crippen molar-refractivity contribution in [2.24, 2.45) is 26.8 Å². The number of nitrogens with one attached hydrogen (secondary N) is 2. The van der Waals surface area contributed by atoms with E-state index in [0.717, 1.165) is 85.3 Å². The number of hydrogen-bond acceptors (Lipinski definition) is 11. The third kappa shape index (κ3) is 5.75. The Morgan fingerprint density at radius 1 is 1.04 bits per heavy atom. The molecule has 268 valence electrons. The number of nitrogens with zero attached hydrogens (tertiary/aromatic N) is 3. The standard InChI is InChI=1S/C39H45N5O7/c1-7-20-16(3)24-12-26-18(5)22(9-10-32(47)44-36-38(49)37(48)31(15-45)51-39(36)50)34(42-26)23-11-30(46)33-19(6)27(43-35(23)33)14-29-21(8-2)17(4)25(41-29)13-28(20)40-24/h7,12-14,18,22,31,36-39,42,45-46,48-50H,1,8-11,15H2,2-6H3,(H,44,47)/t18-,22-,31+,36+,37+,38+,39?/m0/s1. The molecule has 1 aliphatic carbocycles. The number of aliphatic hydroxyl groups excluding tert-OH is 5. The van der Waals surface area contributed by atoms with Gasteiger partial charge in [0.25, 0.3) is 0 Å². The molecule has 0 aromatic heterocycles. The summed E-state index contributed by atoms with van der Waals surface area (Å²) in [7, 11) is 0. The van der Waals surface area contributed by atoms with E-state index in [9.17, 15) is 30.3 Å². The molecule has 12 nitrogen and oxygen atoms in total. The fourth-order valence-corrected chi connectivity index (χ4v) is 8.18. The first-order valence-electron chi connectivity index (χ1n) is 17.6. The Balaban J connectivity index is 1.28. The molecule has 8 bridgehead atoms. The zero-order valence-electron chi connectivity index (χ0n) is 29.5. The van der Waals surface area contributed by atoms with Crippen LogP contribution in [0.4, 0.5) is 0 Å². The number of allylic oxidation sites excluding steroid dienone is 12. The summed E-state index contributed by atoms with van der Waals surface area (Å²) in [4.78, 5) is 28.5. The van der Waals surface area contributed by atoms with Crippen LogP contribution in [0.2, 0.25) is 0 Å². The summed E-state index contributed by atoms with van der Waals surface area (Å²) < 4.78 is 5.22. The highest BCUT2D eigenvalue weighted by Crippen LogP contribution is 2.46. The third-order valence-corrected chi connectivity index (χ3v) is 11.2. The van der Waals surface area contributed by atoms with Crippen molar-refractivity contribution >= 4 is 23.0 Å². The highest BCUT2D eigenvalue weighted by Gasteiger charge is 2.45. The van der Waals surface area contributed by atoms with Gasteiger partial charge in [-0.15, -0.1) is 0 Å². The van der Waals surface area contributed by atoms with Crippen molar-refractivity contribution in [1.82, 2.24) is 10.6 Å². The van der Waals surface area contributed by atoms with Gasteiger partial charge in [0.05, 0.1) is 40.8 Å². The van der Waals surface area contributed by atoms with Crippen LogP contribution in [0.25, 0.3) is 0 Å². The zero-order chi connectivity index (χ0) is 36.5. The van der Waals surface area contributed by atoms with Crippen LogP contribution in [0.5, 0.6) is 0 Å². The molecular weight excluding hydrogens is 650 g/mol. The van der Waals surface area contributed by atoms with E-state index in [2.05, 4.69) is 38.0 Å². The van der Waals surface area contributed by atoms with Gasteiger partial charge < -0.3 is 40.9 Å². The Morgan fingerprint density at radius 2 is 1.76 bits per heavy atom. The Morgan fingerprint density at radius 3 is 2.47 bits per heavy atom. The average Bonchev–Trinajstić information content (AvgIpc) is 3.85. The van der Waals surface area contributed by atoms with E-state index in [0.29, 0.717) is 12.1 Å². The molecule has 2 saturated heterocycles. The molecule has 6 aliphatic heterocycles. The SMILES string of the molecule is C=CC1=C(C)C2=NC1=CC1=NC(=CC3=C(C)C4=C(O)CC(=C5NC(=C2)[C@@H](C)[C@@H]5CCC(=O)N[C@H]2C(O)O[C@H](CO)[C@@H](O)[C@@H]2O)C4=N3)C(CC)=C1C. The van der Waals surface area contributed by atoms with Crippen LogP contribution in [-0.2, 0) is 9.53 Å². The van der Waals surface area contributed by atoms with Gasteiger partial charge in [-0.25, -0.2) is 15.0 Å². The number of fused-ring (bicyclic) bond motifs is 5. The maximum absolute atomic E-state index is 13.3. The predicted molar refractivity (Wildman–Crippen MR) is 193 cm³/mol. The van der Waals surface area contributed by atoms with Crippen molar-refractivity contribution in [2.75, 3.05) is 6.61 Å². The average molecular weight is 696 g/mol. The molecule has 7 atom stereocenters. The first kappa shape index (κ1) is 35.0. The minimum absolute atomic E-state index is 0.0303. The smallest absolute Gasteiger partial charge is 0.220 e. The van der Waals surface area contributed by atoms with Gasteiger partial charge in [-0.2, -0.15) is 0 Å². The van der Waals surface area contributed by atoms with Crippen molar-refractivity contribution in [3.63, 3.8) is 0 Å². The lowest BCUT2D eigenvalue weighted by Gasteiger charge is -2.40. The van der Waals surface area contributed by atoms with E-state index in [1.165, 1.54) is 0 Å². The molecule has 7 N–H and O–H groups in total. The fraction of sp³-hybridized carbons (Fsp3) is 0.436. The topological polar surface area (TPSA) is 189 Å². The zero-order valence-corrected chi connectivity index (χ0v) is 29.5. The van der Waals surface area contributed by atoms with Crippen molar-refractivity contribution in [3.05, 3.63) is 104 Å². The van der Waals surface area contributed by atoms with E-state index in [-0.39, 0.29) is 30.4 Å². The maximum atomic E-state index is 13.3. The first-order valence-corrected chi connectivity index (χ1v) is 17.6. The molecular formula is C39H45N5O7. The predicted octanol–water partition coefficient (Wildman–Crippen LogP) is 3.54. The number of carbonyl (C=O) groups is 1. The van der Waals surface area contributed by atoms with Crippen molar-refractivity contribution in [2.45, 2.75) is 90.9 Å². The number of amides is 1. The molecule has 0 radical (unpaired) electrons. The lowest BCUT2D eigenvalue weighted by molar-refractivity contribution is -0.253. The summed E-state index contributed by atoms with van der Waals surface area (Å²) in [6.07, 6.45) is 3.57. The van der Waals surface area contributed by atoms with Crippen LogP contribution in [-0.4, -0.2) is 85.8 Å². The monoisotopic (exact) mass is 695 g/mol. The molecule has 7 rings (SSSR count). The lowest BCUT2D eigenvalue weighted by Crippen LogP contribution is -2.64. The Kier molecular flexibility index (Phi) is 9.09. The quantitative estimate of drug-likeness (QED) is 0.211. The summed E-state index contributed by atoms with van der Waals surface area (Å²) in [5, 5.41) is 58.3. The largest absolute Gasteiger partial charge is 0.511 e. The van der Waals surface area contributed by atoms with Crippen molar-refractivity contribution in [3.8, 4) is 0 Å². The highest BCUT2D eigenvalue weighted by atomic mass is 16.6. The normalized spacial score (nSPS) is 31.5. The molecule has 7 aliphatic rings. The molecule has 0 saturated carbocycles. The van der Waals surface area contributed by atoms with E-state index >= 15 is 0 Å². The van der Waals surface area contributed by atoms with Crippen LogP contribution in [0, 0.1) is 11.8 Å². The number of aliphatic imine (C=N–C) groups is 3. The molecule has 51 heavy (non-hydrogen) atoms. The summed E-state index contributed by atoms with van der Waals surface area (Å²) >= 11 is 0. The number of ether oxygens (including phenoxy) is 1. The van der Waals surface area contributed by atoms with Crippen LogP contribution in [0.1, 0.15) is 60.3 Å². The molecule has 2 fully saturated rings. The summed E-state index contributed by atoms with van der Waals surface area (Å²) in [6, 6.07) is -1.28. The van der Waals surface area contributed by atoms with Gasteiger partial charge in [0.1, 0.15) is 30.1 Å². The fourth-order valence-electron chi connectivity index (χ4n) is 8.18. The minimum atomic E-state index is -1.61. The molecule has 12 heteroatoms. The van der Waals surface area contributed by atoms with Gasteiger partial charge in [-0.05, 0) is 74.1 Å². The van der Waals surface area contributed by atoms with E-state index < -0.39 is 43.2 Å². The van der Waals surface area contributed by atoms with Crippen LogP contribution < -0.4 is 10.6 Å². The Hall–Kier alpha value is -4.46. The molecule has 1 amide bonds. The summed E-state index contributed by atoms with van der Waals surface area (Å²) in [5.74, 6) is -0.482. The van der Waals surface area contributed by atoms with Gasteiger partial charge >= 0.3 is 0 Å². The van der Waals surface area contributed by atoms with Crippen molar-refractivity contribution in [1.29, 1.82) is 0 Å². The minimum Gasteiger partial charge on any atom is -0.511 e. The maximum Gasteiger partial charge on any atom is 0.220 e. The number of carbonyl (C=O) groups excluding carboxylic acids is 1. The van der Waals surface area contributed by atoms with Crippen LogP contribution >= 0.6 is 0 Å². The second-order valence-corrected chi connectivity index (χ2v) is 14.1. The molecule has 1 unspecified atom stereocenters. The van der Waals surface area contributed by atoms with Crippen LogP contribution in [0.3, 0.4) is 0 Å². The van der Waals surface area contributed by atoms with E-state index in [4.69, 9.17) is 19.7 Å². The van der Waals surface area contributed by atoms with E-state index in [1.807, 2.05) is 38.2 Å². The highest BCUT2D eigenvalue weighted by molar-refractivity contribution is 6.21. The summed E-state index contributed by atoms with van der Waals surface area (Å²) in [5.41, 5.74) is 13.0. The van der Waals surface area contributed by atoms with Gasteiger partial charge in [0.15, 0.2) is 6.29 Å².